The molecule has 0 radical (unpaired) electrons. The van der Waals surface area contributed by atoms with Crippen LogP contribution in [0.15, 0.2) is 84.1 Å². The molecule has 1 heteroatoms. The number of rotatable bonds is 9. The number of hydrogen-bond donors (Lipinski definition) is 0. The number of allylic oxidation sites excluding steroid dienone is 12. The quantitative estimate of drug-likeness (QED) is 0.346. The molecule has 0 aromatic rings. The van der Waals surface area contributed by atoms with E-state index in [1.165, 1.54) is 22.3 Å². The van der Waals surface area contributed by atoms with Crippen LogP contribution in [0.3, 0.4) is 0 Å². The predicted molar refractivity (Wildman–Crippen MR) is 138 cm³/mol. The summed E-state index contributed by atoms with van der Waals surface area (Å²) in [5, 5.41) is 0. The van der Waals surface area contributed by atoms with Gasteiger partial charge in [0.15, 0.2) is 0 Å². The Kier molecular flexibility index (Phi) is 14.8. The lowest BCUT2D eigenvalue weighted by atomic mass is 9.66. The molecule has 0 N–H and O–H groups in total. The fourth-order valence-corrected chi connectivity index (χ4v) is 4.36. The van der Waals surface area contributed by atoms with Crippen molar-refractivity contribution in [2.45, 2.75) is 82.1 Å². The molecule has 0 saturated carbocycles. The molecular formula is C29H46O. The maximum absolute atomic E-state index is 11.8. The number of Topliss-reactive ketones (excluding diaryl/α,β-unsaturated/α-hetero) is 1. The van der Waals surface area contributed by atoms with Crippen LogP contribution in [0.1, 0.15) is 82.1 Å². The van der Waals surface area contributed by atoms with Gasteiger partial charge in [0, 0.05) is 11.8 Å². The average Bonchev–Trinajstić information content (AvgIpc) is 2.89. The minimum atomic E-state index is -0.191. The molecule has 0 amide bonds. The van der Waals surface area contributed by atoms with Crippen molar-refractivity contribution < 1.29 is 4.79 Å². The van der Waals surface area contributed by atoms with E-state index in [0.29, 0.717) is 6.42 Å². The molecule has 168 valence electrons. The van der Waals surface area contributed by atoms with Gasteiger partial charge >= 0.3 is 0 Å². The van der Waals surface area contributed by atoms with Crippen molar-refractivity contribution in [2.24, 2.45) is 10.8 Å². The third-order valence-corrected chi connectivity index (χ3v) is 4.89. The van der Waals surface area contributed by atoms with Crippen LogP contribution in [0.4, 0.5) is 0 Å². The zero-order chi connectivity index (χ0) is 24.0. The normalized spacial score (nSPS) is 19.1. The van der Waals surface area contributed by atoms with Crippen LogP contribution in [0.25, 0.3) is 0 Å². The SMILES string of the molecule is C=C/C=C\C1=C(/C=C\C)C(C=C)=C(/C=C\C)C1(C)CC(C)(C)CC(C)=O.CC.CC. The van der Waals surface area contributed by atoms with Gasteiger partial charge in [0.05, 0.1) is 0 Å². The average molecular weight is 411 g/mol. The number of carbonyl (C=O) groups excluding carboxylic acids is 1. The first-order valence-electron chi connectivity index (χ1n) is 11.3. The van der Waals surface area contributed by atoms with Gasteiger partial charge in [0.1, 0.15) is 5.78 Å². The summed E-state index contributed by atoms with van der Waals surface area (Å²) in [4.78, 5) is 11.8. The van der Waals surface area contributed by atoms with Crippen LogP contribution < -0.4 is 0 Å². The van der Waals surface area contributed by atoms with Crippen LogP contribution in [0.2, 0.25) is 0 Å². The van der Waals surface area contributed by atoms with Gasteiger partial charge in [-0.2, -0.15) is 0 Å². The Morgan fingerprint density at radius 2 is 1.43 bits per heavy atom. The maximum Gasteiger partial charge on any atom is 0.130 e. The minimum Gasteiger partial charge on any atom is -0.300 e. The van der Waals surface area contributed by atoms with Crippen LogP contribution in [-0.4, -0.2) is 5.78 Å². The van der Waals surface area contributed by atoms with Gasteiger partial charge in [0.2, 0.25) is 0 Å². The molecule has 0 bridgehead atoms. The van der Waals surface area contributed by atoms with Gasteiger partial charge in [-0.25, -0.2) is 0 Å². The highest BCUT2D eigenvalue weighted by Crippen LogP contribution is 2.55. The Labute approximate surface area is 187 Å². The van der Waals surface area contributed by atoms with E-state index in [0.717, 1.165) is 6.42 Å². The molecule has 0 aliphatic heterocycles. The second-order valence-electron chi connectivity index (χ2n) is 8.01. The summed E-state index contributed by atoms with van der Waals surface area (Å²) in [5.74, 6) is 0.234. The molecule has 1 rings (SSSR count). The number of hydrogen-bond acceptors (Lipinski definition) is 1. The summed E-state index contributed by atoms with van der Waals surface area (Å²) in [6.45, 7) is 28.3. The van der Waals surface area contributed by atoms with E-state index in [9.17, 15) is 4.79 Å². The lowest BCUT2D eigenvalue weighted by molar-refractivity contribution is -0.119. The van der Waals surface area contributed by atoms with Crippen molar-refractivity contribution in [2.75, 3.05) is 0 Å². The zero-order valence-electron chi connectivity index (χ0n) is 21.4. The van der Waals surface area contributed by atoms with E-state index >= 15 is 0 Å². The number of ketones is 1. The molecule has 0 saturated heterocycles. The molecule has 0 heterocycles. The van der Waals surface area contributed by atoms with Gasteiger partial charge in [-0.05, 0) is 54.9 Å². The monoisotopic (exact) mass is 410 g/mol. The third-order valence-electron chi connectivity index (χ3n) is 4.89. The first-order chi connectivity index (χ1) is 14.2. The maximum atomic E-state index is 11.8. The fraction of sp³-hybridized carbons (Fsp3) is 0.483. The Balaban J connectivity index is 0. The van der Waals surface area contributed by atoms with Crippen molar-refractivity contribution in [1.29, 1.82) is 0 Å². The third kappa shape index (κ3) is 7.94. The number of carbonyl (C=O) groups is 1. The fourth-order valence-electron chi connectivity index (χ4n) is 4.36. The van der Waals surface area contributed by atoms with Gasteiger partial charge in [-0.3, -0.25) is 0 Å². The molecule has 1 unspecified atom stereocenters. The van der Waals surface area contributed by atoms with Crippen LogP contribution in [-0.2, 0) is 4.79 Å². The van der Waals surface area contributed by atoms with Gasteiger partial charge in [0.25, 0.3) is 0 Å². The molecule has 1 aliphatic rings. The van der Waals surface area contributed by atoms with E-state index in [4.69, 9.17) is 0 Å². The molecule has 1 atom stereocenters. The Bertz CT molecular complexity index is 719. The molecular weight excluding hydrogens is 364 g/mol. The van der Waals surface area contributed by atoms with Crippen molar-refractivity contribution >= 4 is 5.78 Å². The molecule has 0 spiro atoms. The Hall–Kier alpha value is -2.15. The van der Waals surface area contributed by atoms with Gasteiger partial charge in [-0.15, -0.1) is 0 Å². The van der Waals surface area contributed by atoms with Gasteiger partial charge in [-0.1, -0.05) is 110 Å². The van der Waals surface area contributed by atoms with Crippen molar-refractivity contribution in [3.63, 3.8) is 0 Å². The van der Waals surface area contributed by atoms with E-state index in [1.807, 2.05) is 59.8 Å². The highest BCUT2D eigenvalue weighted by atomic mass is 16.1. The summed E-state index contributed by atoms with van der Waals surface area (Å²) in [5.41, 5.74) is 4.61. The first-order valence-corrected chi connectivity index (χ1v) is 11.3. The standard InChI is InChI=1S/C25H34O.2C2H6/c1-9-13-16-23-21(14-10-2)20(12-4)22(15-11-3)25(23,8)18-24(6,7)17-19(5)26;2*1-2/h9-16H,1,4,17-18H2,2-3,5-8H3;2*1-2H3/b14-10-,15-11-,16-13-;;. The topological polar surface area (TPSA) is 17.1 Å². The van der Waals surface area contributed by atoms with Crippen LogP contribution in [0, 0.1) is 10.8 Å². The van der Waals surface area contributed by atoms with E-state index in [-0.39, 0.29) is 16.6 Å². The predicted octanol–water partition coefficient (Wildman–Crippen LogP) is 9.13. The Morgan fingerprint density at radius 3 is 1.83 bits per heavy atom. The lowest BCUT2D eigenvalue weighted by Gasteiger charge is -2.38. The molecule has 30 heavy (non-hydrogen) atoms. The summed E-state index contributed by atoms with van der Waals surface area (Å²) in [6.07, 6.45) is 17.9. The summed E-state index contributed by atoms with van der Waals surface area (Å²) in [7, 11) is 0. The second-order valence-corrected chi connectivity index (χ2v) is 8.01. The van der Waals surface area contributed by atoms with Crippen molar-refractivity contribution in [3.8, 4) is 0 Å². The Morgan fingerprint density at radius 1 is 0.933 bits per heavy atom. The van der Waals surface area contributed by atoms with Crippen LogP contribution >= 0.6 is 0 Å². The zero-order valence-corrected chi connectivity index (χ0v) is 21.4. The van der Waals surface area contributed by atoms with E-state index in [1.54, 1.807) is 6.92 Å². The second kappa shape index (κ2) is 14.8. The molecule has 1 nitrogen and oxygen atoms in total. The van der Waals surface area contributed by atoms with Crippen LogP contribution in [0.5, 0.6) is 0 Å². The summed E-state index contributed by atoms with van der Waals surface area (Å²) >= 11 is 0. The molecule has 0 aromatic carbocycles. The highest BCUT2D eigenvalue weighted by Gasteiger charge is 2.43. The largest absolute Gasteiger partial charge is 0.300 e. The first kappa shape index (κ1) is 30.0. The lowest BCUT2D eigenvalue weighted by Crippen LogP contribution is -2.29. The molecule has 0 aromatic heterocycles. The van der Waals surface area contributed by atoms with Crippen molar-refractivity contribution in [1.82, 2.24) is 0 Å². The van der Waals surface area contributed by atoms with E-state index in [2.05, 4.69) is 64.3 Å². The van der Waals surface area contributed by atoms with Gasteiger partial charge < -0.3 is 4.79 Å². The molecule has 1 aliphatic carbocycles. The summed E-state index contributed by atoms with van der Waals surface area (Å²) in [6, 6.07) is 0. The minimum absolute atomic E-state index is 0.0989. The highest BCUT2D eigenvalue weighted by molar-refractivity contribution is 5.76. The molecule has 0 fully saturated rings. The van der Waals surface area contributed by atoms with E-state index < -0.39 is 0 Å². The van der Waals surface area contributed by atoms with Crippen molar-refractivity contribution in [3.05, 3.63) is 84.1 Å². The summed E-state index contributed by atoms with van der Waals surface area (Å²) < 4.78 is 0. The smallest absolute Gasteiger partial charge is 0.130 e.